The Balaban J connectivity index is 1.82. The van der Waals surface area contributed by atoms with E-state index in [1.165, 1.54) is 17.4 Å². The number of hydrogen-bond acceptors (Lipinski definition) is 5. The largest absolute Gasteiger partial charge is 0.457 e. The molecule has 0 aliphatic rings. The summed E-state index contributed by atoms with van der Waals surface area (Å²) in [5.74, 6) is 0.326. The molecule has 0 radical (unpaired) electrons. The first-order valence-electron chi connectivity index (χ1n) is 7.37. The summed E-state index contributed by atoms with van der Waals surface area (Å²) in [5, 5.41) is 23.5. The number of benzene rings is 1. The van der Waals surface area contributed by atoms with Gasteiger partial charge in [-0.15, -0.1) is 11.3 Å². The van der Waals surface area contributed by atoms with Gasteiger partial charge in [0.1, 0.15) is 34.2 Å². The molecule has 0 unspecified atom stereocenters. The fourth-order valence-corrected chi connectivity index (χ4v) is 3.11. The van der Waals surface area contributed by atoms with E-state index in [0.717, 1.165) is 5.56 Å². The average Bonchev–Trinajstić information content (AvgIpc) is 3.28. The lowest BCUT2D eigenvalue weighted by Crippen LogP contribution is -2.13. The van der Waals surface area contributed by atoms with Gasteiger partial charge in [0.25, 0.3) is 5.91 Å². The van der Waals surface area contributed by atoms with Gasteiger partial charge in [0, 0.05) is 16.7 Å². The van der Waals surface area contributed by atoms with Gasteiger partial charge in [-0.05, 0) is 35.7 Å². The lowest BCUT2D eigenvalue weighted by molar-refractivity contribution is -0.112. The monoisotopic (exact) mass is 379 g/mol. The van der Waals surface area contributed by atoms with Gasteiger partial charge < -0.3 is 9.73 Å². The van der Waals surface area contributed by atoms with E-state index in [1.54, 1.807) is 41.8 Å². The molecule has 7 heteroatoms. The van der Waals surface area contributed by atoms with Crippen LogP contribution in [0.25, 0.3) is 17.4 Å². The molecule has 3 aromatic rings. The quantitative estimate of drug-likeness (QED) is 0.505. The minimum absolute atomic E-state index is 0.130. The fourth-order valence-electron chi connectivity index (χ4n) is 2.18. The third-order valence-corrected chi connectivity index (χ3v) is 4.47. The van der Waals surface area contributed by atoms with Crippen LogP contribution in [0.1, 0.15) is 11.3 Å². The SMILES string of the molecule is N#CC(=Cc1ccc(-c2cccc(Cl)c2)o1)C(=O)Nc1sccc1C#N. The zero-order chi connectivity index (χ0) is 18.5. The highest BCUT2D eigenvalue weighted by molar-refractivity contribution is 7.14. The van der Waals surface area contributed by atoms with Crippen LogP contribution in [0.5, 0.6) is 0 Å². The number of carbonyl (C=O) groups is 1. The Morgan fingerprint density at radius 3 is 2.81 bits per heavy atom. The van der Waals surface area contributed by atoms with E-state index in [-0.39, 0.29) is 5.57 Å². The molecule has 3 rings (SSSR count). The molecule has 0 saturated carbocycles. The summed E-state index contributed by atoms with van der Waals surface area (Å²) in [7, 11) is 0. The summed E-state index contributed by atoms with van der Waals surface area (Å²) in [6.45, 7) is 0. The first-order valence-corrected chi connectivity index (χ1v) is 8.63. The summed E-state index contributed by atoms with van der Waals surface area (Å²) in [4.78, 5) is 12.3. The third-order valence-electron chi connectivity index (χ3n) is 3.40. The van der Waals surface area contributed by atoms with E-state index >= 15 is 0 Å². The predicted octanol–water partition coefficient (Wildman–Crippen LogP) is 5.08. The molecule has 1 aromatic carbocycles. The number of thiophene rings is 1. The Labute approximate surface area is 158 Å². The number of halogens is 1. The number of carbonyl (C=O) groups excluding carboxylic acids is 1. The molecule has 0 spiro atoms. The molecule has 1 N–H and O–H groups in total. The van der Waals surface area contributed by atoms with Gasteiger partial charge in [0.15, 0.2) is 0 Å². The van der Waals surface area contributed by atoms with E-state index in [4.69, 9.17) is 21.3 Å². The van der Waals surface area contributed by atoms with E-state index in [1.807, 2.05) is 18.2 Å². The van der Waals surface area contributed by atoms with Crippen molar-refractivity contribution < 1.29 is 9.21 Å². The lowest BCUT2D eigenvalue weighted by Gasteiger charge is -2.01. The highest BCUT2D eigenvalue weighted by Gasteiger charge is 2.14. The van der Waals surface area contributed by atoms with Gasteiger partial charge in [-0.25, -0.2) is 0 Å². The van der Waals surface area contributed by atoms with Gasteiger partial charge in [-0.2, -0.15) is 10.5 Å². The van der Waals surface area contributed by atoms with Crippen LogP contribution in [0.3, 0.4) is 0 Å². The van der Waals surface area contributed by atoms with Crippen LogP contribution >= 0.6 is 22.9 Å². The normalized spacial score (nSPS) is 10.8. The zero-order valence-electron chi connectivity index (χ0n) is 13.2. The molecule has 1 amide bonds. The summed E-state index contributed by atoms with van der Waals surface area (Å²) in [6, 6.07) is 16.0. The number of nitriles is 2. The Kier molecular flexibility index (Phi) is 5.19. The van der Waals surface area contributed by atoms with Crippen LogP contribution in [-0.2, 0) is 4.79 Å². The maximum Gasteiger partial charge on any atom is 0.267 e. The second kappa shape index (κ2) is 7.71. The van der Waals surface area contributed by atoms with Gasteiger partial charge in [0.05, 0.1) is 5.56 Å². The Hall–Kier alpha value is -3.32. The van der Waals surface area contributed by atoms with E-state index < -0.39 is 5.91 Å². The van der Waals surface area contributed by atoms with Crippen molar-refractivity contribution in [3.63, 3.8) is 0 Å². The van der Waals surface area contributed by atoms with Crippen molar-refractivity contribution in [3.05, 3.63) is 69.8 Å². The highest BCUT2D eigenvalue weighted by atomic mass is 35.5. The molecule has 0 aliphatic heterocycles. The molecular weight excluding hydrogens is 370 g/mol. The molecule has 2 heterocycles. The number of nitrogens with one attached hydrogen (secondary N) is 1. The minimum atomic E-state index is -0.604. The van der Waals surface area contributed by atoms with Crippen molar-refractivity contribution >= 4 is 39.9 Å². The molecule has 26 heavy (non-hydrogen) atoms. The Morgan fingerprint density at radius 2 is 2.08 bits per heavy atom. The standard InChI is InChI=1S/C19H10ClN3O2S/c20-15-3-1-2-12(8-15)17-5-4-16(25-17)9-14(11-22)18(24)23-19-13(10-21)6-7-26-19/h1-9H,(H,23,24). The summed E-state index contributed by atoms with van der Waals surface area (Å²) >= 11 is 7.18. The molecule has 5 nitrogen and oxygen atoms in total. The third kappa shape index (κ3) is 3.84. The molecule has 0 saturated heterocycles. The summed E-state index contributed by atoms with van der Waals surface area (Å²) in [5.41, 5.74) is 1.01. The van der Waals surface area contributed by atoms with E-state index in [2.05, 4.69) is 5.32 Å². The summed E-state index contributed by atoms with van der Waals surface area (Å²) in [6.07, 6.45) is 1.35. The smallest absolute Gasteiger partial charge is 0.267 e. The van der Waals surface area contributed by atoms with Crippen LogP contribution in [0.4, 0.5) is 5.00 Å². The molecule has 0 fully saturated rings. The second-order valence-electron chi connectivity index (χ2n) is 5.11. The first kappa shape index (κ1) is 17.5. The zero-order valence-corrected chi connectivity index (χ0v) is 14.8. The molecule has 0 atom stereocenters. The van der Waals surface area contributed by atoms with Crippen LogP contribution in [0.15, 0.2) is 57.8 Å². The van der Waals surface area contributed by atoms with E-state index in [0.29, 0.717) is 27.1 Å². The number of anilines is 1. The lowest BCUT2D eigenvalue weighted by atomic mass is 10.2. The van der Waals surface area contributed by atoms with Gasteiger partial charge in [-0.1, -0.05) is 23.7 Å². The molecular formula is C19H10ClN3O2S. The first-order chi connectivity index (χ1) is 12.6. The fraction of sp³-hybridized carbons (Fsp3) is 0. The number of furan rings is 1. The van der Waals surface area contributed by atoms with Crippen LogP contribution in [0.2, 0.25) is 5.02 Å². The van der Waals surface area contributed by atoms with Crippen LogP contribution in [-0.4, -0.2) is 5.91 Å². The summed E-state index contributed by atoms with van der Waals surface area (Å²) < 4.78 is 5.67. The predicted molar refractivity (Wildman–Crippen MR) is 100 cm³/mol. The van der Waals surface area contributed by atoms with Crippen LogP contribution in [0, 0.1) is 22.7 Å². The van der Waals surface area contributed by atoms with Gasteiger partial charge in [-0.3, -0.25) is 4.79 Å². The second-order valence-corrected chi connectivity index (χ2v) is 6.46. The number of rotatable bonds is 4. The van der Waals surface area contributed by atoms with Crippen molar-refractivity contribution in [1.82, 2.24) is 0 Å². The van der Waals surface area contributed by atoms with Gasteiger partial charge in [0.2, 0.25) is 0 Å². The topological polar surface area (TPSA) is 89.8 Å². The van der Waals surface area contributed by atoms with Crippen molar-refractivity contribution in [1.29, 1.82) is 10.5 Å². The minimum Gasteiger partial charge on any atom is -0.457 e. The van der Waals surface area contributed by atoms with Crippen molar-refractivity contribution in [2.24, 2.45) is 0 Å². The van der Waals surface area contributed by atoms with Crippen LogP contribution < -0.4 is 5.32 Å². The molecule has 0 bridgehead atoms. The maximum absolute atomic E-state index is 12.3. The number of hydrogen-bond donors (Lipinski definition) is 1. The van der Waals surface area contributed by atoms with E-state index in [9.17, 15) is 10.1 Å². The average molecular weight is 380 g/mol. The van der Waals surface area contributed by atoms with Crippen molar-refractivity contribution in [3.8, 4) is 23.5 Å². The number of nitrogens with zero attached hydrogens (tertiary/aromatic N) is 2. The highest BCUT2D eigenvalue weighted by Crippen LogP contribution is 2.26. The maximum atomic E-state index is 12.3. The Bertz CT molecular complexity index is 1080. The Morgan fingerprint density at radius 1 is 1.23 bits per heavy atom. The molecule has 0 aliphatic carbocycles. The number of amides is 1. The molecule has 2 aromatic heterocycles. The van der Waals surface area contributed by atoms with Crippen molar-refractivity contribution in [2.45, 2.75) is 0 Å². The van der Waals surface area contributed by atoms with Crippen molar-refractivity contribution in [2.75, 3.05) is 5.32 Å². The molecule has 126 valence electrons. The van der Waals surface area contributed by atoms with Gasteiger partial charge >= 0.3 is 0 Å².